The molecule has 0 radical (unpaired) electrons. The zero-order chi connectivity index (χ0) is 28.0. The van der Waals surface area contributed by atoms with Gasteiger partial charge in [0, 0.05) is 55.9 Å². The van der Waals surface area contributed by atoms with Gasteiger partial charge in [-0.05, 0) is 24.5 Å². The molecule has 2 aliphatic heterocycles. The number of amides is 1. The summed E-state index contributed by atoms with van der Waals surface area (Å²) in [5, 5.41) is 4.81. The minimum absolute atomic E-state index is 0.0259. The number of pyridine rings is 2. The van der Waals surface area contributed by atoms with Crippen molar-refractivity contribution in [3.63, 3.8) is 0 Å². The number of halogens is 1. The normalized spacial score (nSPS) is 18.8. The highest BCUT2D eigenvalue weighted by Gasteiger charge is 2.32. The van der Waals surface area contributed by atoms with Gasteiger partial charge in [-0.2, -0.15) is 5.10 Å². The van der Waals surface area contributed by atoms with Crippen LogP contribution in [0.1, 0.15) is 32.3 Å². The average molecular weight is 551 g/mol. The molecule has 11 nitrogen and oxygen atoms in total. The number of fused-ring (bicyclic) bond motifs is 2. The van der Waals surface area contributed by atoms with E-state index in [4.69, 9.17) is 9.47 Å². The zero-order valence-corrected chi connectivity index (χ0v) is 23.4. The van der Waals surface area contributed by atoms with E-state index in [9.17, 15) is 4.79 Å². The number of carbonyl (C=O) groups is 1. The summed E-state index contributed by atoms with van der Waals surface area (Å²) >= 11 is 0. The molecule has 1 atom stereocenters. The fourth-order valence-corrected chi connectivity index (χ4v) is 5.90. The number of anilines is 1. The van der Waals surface area contributed by atoms with E-state index in [0.29, 0.717) is 67.5 Å². The molecule has 12 heteroatoms. The van der Waals surface area contributed by atoms with E-state index in [-0.39, 0.29) is 23.7 Å². The number of nitrogens with zero attached hydrogens (tertiary/aromatic N) is 7. The van der Waals surface area contributed by atoms with E-state index in [1.54, 1.807) is 17.8 Å². The third-order valence-corrected chi connectivity index (χ3v) is 7.94. The number of ether oxygens (including phenoxy) is 2. The number of carbonyl (C=O) groups excluding carboxylic acids is 1. The Morgan fingerprint density at radius 3 is 2.75 bits per heavy atom. The van der Waals surface area contributed by atoms with Crippen LogP contribution >= 0.6 is 0 Å². The largest absolute Gasteiger partial charge is 0.493 e. The number of morpholine rings is 1. The van der Waals surface area contributed by atoms with Crippen molar-refractivity contribution in [1.29, 1.82) is 0 Å². The number of methoxy groups -OCH3 is 1. The summed E-state index contributed by atoms with van der Waals surface area (Å²) < 4.78 is 29.0. The molecule has 4 aromatic heterocycles. The fraction of sp³-hybridized carbons (Fsp3) is 0.500. The highest BCUT2D eigenvalue weighted by atomic mass is 19.1. The van der Waals surface area contributed by atoms with Crippen molar-refractivity contribution < 1.29 is 18.7 Å². The lowest BCUT2D eigenvalue weighted by atomic mass is 9.96. The molecule has 4 aromatic rings. The molecule has 6 heterocycles. The lowest BCUT2D eigenvalue weighted by molar-refractivity contribution is -0.134. The van der Waals surface area contributed by atoms with Crippen LogP contribution < -0.4 is 9.64 Å². The van der Waals surface area contributed by atoms with Gasteiger partial charge in [0.1, 0.15) is 6.33 Å². The Balaban J connectivity index is 1.31. The third-order valence-electron chi connectivity index (χ3n) is 7.94. The van der Waals surface area contributed by atoms with Gasteiger partial charge in [0.15, 0.2) is 23.0 Å². The number of nitrogens with one attached hydrogen (secondary N) is 1. The molecular weight excluding hydrogens is 515 g/mol. The summed E-state index contributed by atoms with van der Waals surface area (Å²) in [6.45, 7) is 10.9. The van der Waals surface area contributed by atoms with Gasteiger partial charge in [0.05, 0.1) is 44.3 Å². The number of rotatable bonds is 6. The standard InChI is InChI=1S/C28H35FN8O3/c1-17(2)23-24-20(33-26(23)19-11-21(39-4)27-31-16-32-37(27)14-19)12-30-28(25(24)29)36-6-5-35(13-18(36)3)22(38)15-34-7-9-40-10-8-34/h11-12,14,16-18,33H,5-10,13,15H2,1-4H3/t18-/m1/s1. The first kappa shape index (κ1) is 26.5. The Hall–Kier alpha value is -3.77. The Labute approximate surface area is 231 Å². The predicted octanol–water partition coefficient (Wildman–Crippen LogP) is 2.91. The van der Waals surface area contributed by atoms with Crippen LogP contribution in [0.15, 0.2) is 24.8 Å². The molecule has 2 fully saturated rings. The van der Waals surface area contributed by atoms with Crippen molar-refractivity contribution in [2.75, 3.05) is 64.5 Å². The van der Waals surface area contributed by atoms with E-state index in [0.717, 1.165) is 29.9 Å². The maximum Gasteiger partial charge on any atom is 0.236 e. The van der Waals surface area contributed by atoms with E-state index >= 15 is 4.39 Å². The van der Waals surface area contributed by atoms with Gasteiger partial charge in [-0.25, -0.2) is 18.9 Å². The monoisotopic (exact) mass is 550 g/mol. The van der Waals surface area contributed by atoms with Crippen molar-refractivity contribution in [3.8, 4) is 17.0 Å². The lowest BCUT2D eigenvalue weighted by Crippen LogP contribution is -2.56. The number of piperazine rings is 1. The van der Waals surface area contributed by atoms with Crippen molar-refractivity contribution in [2.45, 2.75) is 32.7 Å². The van der Waals surface area contributed by atoms with E-state index in [1.165, 1.54) is 6.33 Å². The molecule has 1 amide bonds. The van der Waals surface area contributed by atoms with Gasteiger partial charge in [-0.1, -0.05) is 13.8 Å². The van der Waals surface area contributed by atoms with Gasteiger partial charge in [0.25, 0.3) is 0 Å². The van der Waals surface area contributed by atoms with Crippen LogP contribution in [0.5, 0.6) is 5.75 Å². The van der Waals surface area contributed by atoms with E-state index in [2.05, 4.69) is 38.8 Å². The Morgan fingerprint density at radius 1 is 1.23 bits per heavy atom. The van der Waals surface area contributed by atoms with Crippen LogP contribution in [0.4, 0.5) is 10.2 Å². The number of hydrogen-bond acceptors (Lipinski definition) is 8. The zero-order valence-electron chi connectivity index (χ0n) is 23.4. The molecule has 2 saturated heterocycles. The lowest BCUT2D eigenvalue weighted by Gasteiger charge is -2.41. The molecule has 0 spiro atoms. The first-order valence-corrected chi connectivity index (χ1v) is 13.8. The summed E-state index contributed by atoms with van der Waals surface area (Å²) in [6, 6.07) is 1.81. The smallest absolute Gasteiger partial charge is 0.236 e. The minimum atomic E-state index is -0.350. The Kier molecular flexibility index (Phi) is 7.05. The van der Waals surface area contributed by atoms with Gasteiger partial charge in [-0.15, -0.1) is 0 Å². The predicted molar refractivity (Wildman–Crippen MR) is 149 cm³/mol. The third kappa shape index (κ3) is 4.64. The van der Waals surface area contributed by atoms with Crippen molar-refractivity contribution in [1.82, 2.24) is 34.4 Å². The number of H-pyrrole nitrogens is 1. The molecular formula is C28H35FN8O3. The quantitative estimate of drug-likeness (QED) is 0.391. The van der Waals surface area contributed by atoms with Crippen molar-refractivity contribution in [3.05, 3.63) is 36.2 Å². The molecule has 0 saturated carbocycles. The molecule has 0 aliphatic carbocycles. The van der Waals surface area contributed by atoms with Crippen LogP contribution in [-0.4, -0.2) is 106 Å². The van der Waals surface area contributed by atoms with Gasteiger partial charge < -0.3 is 24.3 Å². The average Bonchev–Trinajstić information content (AvgIpc) is 3.59. The topological polar surface area (TPSA) is 104 Å². The summed E-state index contributed by atoms with van der Waals surface area (Å²) in [5.74, 6) is 0.680. The summed E-state index contributed by atoms with van der Waals surface area (Å²) in [5.41, 5.74) is 3.72. The van der Waals surface area contributed by atoms with Crippen molar-refractivity contribution in [2.24, 2.45) is 0 Å². The molecule has 212 valence electrons. The SMILES string of the molecule is COc1cc(-c2[nH]c3cnc(N4CCN(C(=O)CN5CCOCC5)C[C@H]4C)c(F)c3c2C(C)C)cn2ncnc12. The second-order valence-corrected chi connectivity index (χ2v) is 10.8. The van der Waals surface area contributed by atoms with Gasteiger partial charge in [0.2, 0.25) is 5.91 Å². The summed E-state index contributed by atoms with van der Waals surface area (Å²) in [6.07, 6.45) is 5.04. The Bertz CT molecular complexity index is 1540. The second kappa shape index (κ2) is 10.7. The molecule has 6 rings (SSSR count). The maximum atomic E-state index is 16.4. The van der Waals surface area contributed by atoms with E-state index < -0.39 is 0 Å². The second-order valence-electron chi connectivity index (χ2n) is 10.8. The van der Waals surface area contributed by atoms with Crippen molar-refractivity contribution >= 4 is 28.3 Å². The Morgan fingerprint density at radius 2 is 2.02 bits per heavy atom. The molecule has 1 N–H and O–H groups in total. The number of hydrogen-bond donors (Lipinski definition) is 1. The summed E-state index contributed by atoms with van der Waals surface area (Å²) in [4.78, 5) is 31.2. The first-order valence-electron chi connectivity index (χ1n) is 13.8. The van der Waals surface area contributed by atoms with Gasteiger partial charge >= 0.3 is 0 Å². The number of aromatic nitrogens is 5. The van der Waals surface area contributed by atoms with Crippen LogP contribution in [0, 0.1) is 5.82 Å². The van der Waals surface area contributed by atoms with Gasteiger partial charge in [-0.3, -0.25) is 9.69 Å². The van der Waals surface area contributed by atoms with Crippen LogP contribution in [0.25, 0.3) is 27.8 Å². The van der Waals surface area contributed by atoms with Crippen LogP contribution in [0.2, 0.25) is 0 Å². The highest BCUT2D eigenvalue weighted by molar-refractivity contribution is 5.93. The van der Waals surface area contributed by atoms with Crippen LogP contribution in [0.3, 0.4) is 0 Å². The maximum absolute atomic E-state index is 16.4. The first-order chi connectivity index (χ1) is 19.4. The molecule has 0 aromatic carbocycles. The molecule has 40 heavy (non-hydrogen) atoms. The van der Waals surface area contributed by atoms with E-state index in [1.807, 2.05) is 29.0 Å². The number of aromatic amines is 1. The minimum Gasteiger partial charge on any atom is -0.493 e. The molecule has 2 aliphatic rings. The fourth-order valence-electron chi connectivity index (χ4n) is 5.90. The van der Waals surface area contributed by atoms with Crippen LogP contribution in [-0.2, 0) is 9.53 Å². The molecule has 0 unspecified atom stereocenters. The highest BCUT2D eigenvalue weighted by Crippen LogP contribution is 2.40. The summed E-state index contributed by atoms with van der Waals surface area (Å²) in [7, 11) is 1.59. The molecule has 0 bridgehead atoms.